The lowest BCUT2D eigenvalue weighted by Crippen LogP contribution is -2.56. The van der Waals surface area contributed by atoms with Gasteiger partial charge in [0, 0.05) is 7.05 Å². The van der Waals surface area contributed by atoms with E-state index in [9.17, 15) is 24.8 Å². The maximum absolute atomic E-state index is 12.6. The highest BCUT2D eigenvalue weighted by molar-refractivity contribution is 6.00. The van der Waals surface area contributed by atoms with Gasteiger partial charge in [-0.2, -0.15) is 5.10 Å². The van der Waals surface area contributed by atoms with Crippen molar-refractivity contribution in [3.8, 4) is 0 Å². The van der Waals surface area contributed by atoms with Crippen LogP contribution in [0.4, 0.5) is 5.69 Å². The molecule has 0 unspecified atom stereocenters. The van der Waals surface area contributed by atoms with Crippen LogP contribution in [0.15, 0.2) is 0 Å². The average molecular weight is 338 g/mol. The molecule has 0 aliphatic heterocycles. The number of carbonyl (C=O) groups excluding carboxylic acids is 1. The van der Waals surface area contributed by atoms with Crippen molar-refractivity contribution in [1.82, 2.24) is 15.1 Å². The van der Waals surface area contributed by atoms with Gasteiger partial charge in [-0.3, -0.25) is 19.6 Å². The summed E-state index contributed by atoms with van der Waals surface area (Å²) in [5.41, 5.74) is -1.88. The molecule has 2 N–H and O–H groups in total. The molecule has 0 saturated heterocycles. The quantitative estimate of drug-likeness (QED) is 0.622. The van der Waals surface area contributed by atoms with E-state index < -0.39 is 28.0 Å². The Kier molecular flexibility index (Phi) is 4.91. The first kappa shape index (κ1) is 17.9. The monoisotopic (exact) mass is 338 g/mol. The molecule has 0 spiro atoms. The topological polar surface area (TPSA) is 127 Å². The van der Waals surface area contributed by atoms with Crippen molar-refractivity contribution in [2.24, 2.45) is 13.0 Å². The third-order valence-corrected chi connectivity index (χ3v) is 4.89. The van der Waals surface area contributed by atoms with E-state index in [0.717, 1.165) is 11.1 Å². The number of rotatable bonds is 5. The summed E-state index contributed by atoms with van der Waals surface area (Å²) in [6.45, 7) is 3.49. The summed E-state index contributed by atoms with van der Waals surface area (Å²) in [4.78, 5) is 34.9. The maximum atomic E-state index is 12.6. The molecule has 1 aromatic rings. The van der Waals surface area contributed by atoms with Crippen LogP contribution in [-0.4, -0.2) is 37.2 Å². The molecule has 1 aliphatic rings. The second kappa shape index (κ2) is 6.58. The lowest BCUT2D eigenvalue weighted by atomic mass is 9.75. The Morgan fingerprint density at radius 3 is 2.50 bits per heavy atom. The van der Waals surface area contributed by atoms with Gasteiger partial charge in [0.1, 0.15) is 11.2 Å². The normalized spacial score (nSPS) is 23.7. The summed E-state index contributed by atoms with van der Waals surface area (Å²) in [6, 6.07) is 0. The Morgan fingerprint density at radius 1 is 1.46 bits per heavy atom. The van der Waals surface area contributed by atoms with Crippen molar-refractivity contribution in [2.75, 3.05) is 0 Å². The minimum Gasteiger partial charge on any atom is -0.480 e. The summed E-state index contributed by atoms with van der Waals surface area (Å²) in [5.74, 6) is -1.43. The minimum atomic E-state index is -1.38. The van der Waals surface area contributed by atoms with Gasteiger partial charge >= 0.3 is 11.7 Å². The highest BCUT2D eigenvalue weighted by atomic mass is 16.6. The molecule has 1 heterocycles. The van der Waals surface area contributed by atoms with Crippen LogP contribution in [0.2, 0.25) is 0 Å². The summed E-state index contributed by atoms with van der Waals surface area (Å²) in [7, 11) is 1.43. The van der Waals surface area contributed by atoms with Crippen LogP contribution in [0.1, 0.15) is 55.2 Å². The van der Waals surface area contributed by atoms with Crippen molar-refractivity contribution >= 4 is 17.6 Å². The fourth-order valence-electron chi connectivity index (χ4n) is 3.37. The molecule has 0 atom stereocenters. The standard InChI is InChI=1S/C15H22N4O5/c1-4-10-5-7-15(8-6-10,14(21)22)16-13(20)12-11(19(23)24)9(2)17-18(12)3/h10H,4-8H2,1-3H3,(H,16,20)(H,21,22). The Balaban J connectivity index is 2.31. The van der Waals surface area contributed by atoms with Crippen LogP contribution >= 0.6 is 0 Å². The summed E-state index contributed by atoms with van der Waals surface area (Å²) in [5, 5.41) is 27.3. The van der Waals surface area contributed by atoms with Crippen molar-refractivity contribution in [3.63, 3.8) is 0 Å². The zero-order chi connectivity index (χ0) is 18.1. The van der Waals surface area contributed by atoms with Crippen molar-refractivity contribution in [3.05, 3.63) is 21.5 Å². The van der Waals surface area contributed by atoms with Crippen molar-refractivity contribution < 1.29 is 19.6 Å². The lowest BCUT2D eigenvalue weighted by Gasteiger charge is -2.37. The number of carboxylic acids is 1. The molecule has 1 saturated carbocycles. The number of aliphatic carboxylic acids is 1. The van der Waals surface area contributed by atoms with Gasteiger partial charge in [0.05, 0.1) is 4.92 Å². The van der Waals surface area contributed by atoms with Gasteiger partial charge in [-0.1, -0.05) is 13.3 Å². The number of aromatic nitrogens is 2. The number of nitrogens with one attached hydrogen (secondary N) is 1. The first-order valence-electron chi connectivity index (χ1n) is 7.95. The van der Waals surface area contributed by atoms with Gasteiger partial charge in [-0.25, -0.2) is 4.79 Å². The van der Waals surface area contributed by atoms with Gasteiger partial charge in [-0.15, -0.1) is 0 Å². The van der Waals surface area contributed by atoms with Crippen LogP contribution in [0.5, 0.6) is 0 Å². The second-order valence-corrected chi connectivity index (χ2v) is 6.36. The molecule has 24 heavy (non-hydrogen) atoms. The molecule has 0 bridgehead atoms. The molecule has 1 aliphatic carbocycles. The first-order valence-corrected chi connectivity index (χ1v) is 7.95. The van der Waals surface area contributed by atoms with Crippen molar-refractivity contribution in [1.29, 1.82) is 0 Å². The molecule has 9 nitrogen and oxygen atoms in total. The van der Waals surface area contributed by atoms with Gasteiger partial charge in [0.25, 0.3) is 5.91 Å². The van der Waals surface area contributed by atoms with Crippen LogP contribution < -0.4 is 5.32 Å². The number of carbonyl (C=O) groups is 2. The number of hydrogen-bond donors (Lipinski definition) is 2. The molecule has 9 heteroatoms. The van der Waals surface area contributed by atoms with E-state index in [2.05, 4.69) is 17.3 Å². The van der Waals surface area contributed by atoms with E-state index in [4.69, 9.17) is 0 Å². The van der Waals surface area contributed by atoms with E-state index in [0.29, 0.717) is 31.6 Å². The third-order valence-electron chi connectivity index (χ3n) is 4.89. The lowest BCUT2D eigenvalue weighted by molar-refractivity contribution is -0.385. The predicted molar refractivity (Wildman–Crippen MR) is 84.7 cm³/mol. The Morgan fingerprint density at radius 2 is 2.04 bits per heavy atom. The number of aryl methyl sites for hydroxylation is 2. The van der Waals surface area contributed by atoms with E-state index in [-0.39, 0.29) is 11.4 Å². The summed E-state index contributed by atoms with van der Waals surface area (Å²) in [6.07, 6.45) is 3.01. The predicted octanol–water partition coefficient (Wildman–Crippen LogP) is 1.79. The highest BCUT2D eigenvalue weighted by Crippen LogP contribution is 2.34. The van der Waals surface area contributed by atoms with Crippen LogP contribution in [0, 0.1) is 23.0 Å². The first-order chi connectivity index (χ1) is 11.2. The average Bonchev–Trinajstić information content (AvgIpc) is 2.82. The third kappa shape index (κ3) is 3.10. The fourth-order valence-corrected chi connectivity index (χ4v) is 3.37. The molecular weight excluding hydrogens is 316 g/mol. The molecule has 0 radical (unpaired) electrons. The molecular formula is C15H22N4O5. The zero-order valence-electron chi connectivity index (χ0n) is 14.0. The van der Waals surface area contributed by atoms with E-state index in [1.54, 1.807) is 0 Å². The Hall–Kier alpha value is -2.45. The Labute approximate surface area is 139 Å². The highest BCUT2D eigenvalue weighted by Gasteiger charge is 2.44. The summed E-state index contributed by atoms with van der Waals surface area (Å²) >= 11 is 0. The molecule has 1 amide bonds. The van der Waals surface area contributed by atoms with E-state index in [1.165, 1.54) is 14.0 Å². The van der Waals surface area contributed by atoms with E-state index in [1.807, 2.05) is 0 Å². The number of nitrogens with zero attached hydrogens (tertiary/aromatic N) is 3. The molecule has 1 fully saturated rings. The number of carboxylic acid groups (broad SMARTS) is 1. The zero-order valence-corrected chi connectivity index (χ0v) is 14.0. The molecule has 0 aromatic carbocycles. The van der Waals surface area contributed by atoms with Crippen LogP contribution in [-0.2, 0) is 11.8 Å². The number of hydrogen-bond acceptors (Lipinski definition) is 5. The molecule has 132 valence electrons. The SMILES string of the molecule is CCC1CCC(NC(=O)c2c([N+](=O)[O-])c(C)nn2C)(C(=O)O)CC1. The van der Waals surface area contributed by atoms with Gasteiger partial charge in [-0.05, 0) is 38.5 Å². The largest absolute Gasteiger partial charge is 0.480 e. The van der Waals surface area contributed by atoms with Gasteiger partial charge < -0.3 is 10.4 Å². The van der Waals surface area contributed by atoms with Crippen LogP contribution in [0.3, 0.4) is 0 Å². The Bertz CT molecular complexity index is 674. The van der Waals surface area contributed by atoms with Gasteiger partial charge in [0.15, 0.2) is 0 Å². The van der Waals surface area contributed by atoms with Crippen LogP contribution in [0.25, 0.3) is 0 Å². The van der Waals surface area contributed by atoms with Gasteiger partial charge in [0.2, 0.25) is 5.69 Å². The minimum absolute atomic E-state index is 0.117. The molecule has 1 aromatic heterocycles. The number of amides is 1. The fraction of sp³-hybridized carbons (Fsp3) is 0.667. The molecule has 2 rings (SSSR count). The smallest absolute Gasteiger partial charge is 0.329 e. The number of nitro groups is 1. The van der Waals surface area contributed by atoms with Crippen molar-refractivity contribution in [2.45, 2.75) is 51.5 Å². The van der Waals surface area contributed by atoms with E-state index >= 15 is 0 Å². The summed E-state index contributed by atoms with van der Waals surface area (Å²) < 4.78 is 1.12. The maximum Gasteiger partial charge on any atom is 0.329 e. The second-order valence-electron chi connectivity index (χ2n) is 6.36.